The first-order chi connectivity index (χ1) is 20.1. The summed E-state index contributed by atoms with van der Waals surface area (Å²) in [7, 11) is 3.80. The molecule has 1 unspecified atom stereocenters. The largest absolute Gasteiger partial charge is 0.457 e. The lowest BCUT2D eigenvalue weighted by atomic mass is 9.99. The zero-order valence-electron chi connectivity index (χ0n) is 24.1. The van der Waals surface area contributed by atoms with Crippen LogP contribution in [-0.2, 0) is 11.3 Å². The minimum atomic E-state index is -0.539. The first-order valence-electron chi connectivity index (χ1n) is 13.7. The van der Waals surface area contributed by atoms with E-state index in [2.05, 4.69) is 16.0 Å². The van der Waals surface area contributed by atoms with E-state index in [4.69, 9.17) is 15.6 Å². The van der Waals surface area contributed by atoms with E-state index in [1.165, 1.54) is 12.4 Å². The minimum Gasteiger partial charge on any atom is -0.457 e. The Morgan fingerprint density at radius 3 is 2.67 bits per heavy atom. The first-order valence-corrected chi connectivity index (χ1v) is 13.7. The van der Waals surface area contributed by atoms with Crippen molar-refractivity contribution in [3.8, 4) is 28.8 Å². The van der Waals surface area contributed by atoms with Gasteiger partial charge in [-0.1, -0.05) is 18.2 Å². The van der Waals surface area contributed by atoms with Crippen LogP contribution in [0.4, 0.5) is 10.2 Å². The number of fused-ring (bicyclic) bond motifs is 1. The number of hydrogen-bond acceptors (Lipinski definition) is 8. The van der Waals surface area contributed by atoms with Gasteiger partial charge >= 0.3 is 0 Å². The third-order valence-electron chi connectivity index (χ3n) is 7.76. The highest BCUT2D eigenvalue weighted by Crippen LogP contribution is 2.35. The highest BCUT2D eigenvalue weighted by molar-refractivity contribution is 5.99. The van der Waals surface area contributed by atoms with Gasteiger partial charge in [-0.15, -0.1) is 0 Å². The van der Waals surface area contributed by atoms with Crippen molar-refractivity contribution in [1.82, 2.24) is 29.5 Å². The van der Waals surface area contributed by atoms with E-state index in [0.717, 1.165) is 12.8 Å². The number of anilines is 1. The molecule has 1 fully saturated rings. The molecule has 216 valence electrons. The summed E-state index contributed by atoms with van der Waals surface area (Å²) in [5.41, 5.74) is 6.82. The molecule has 0 spiro atoms. The molecule has 11 heteroatoms. The quantitative estimate of drug-likeness (QED) is 0.238. The fourth-order valence-electron chi connectivity index (χ4n) is 4.99. The number of rotatable bonds is 8. The average Bonchev–Trinajstić information content (AvgIpc) is 3.58. The molecule has 5 rings (SSSR count). The molecule has 1 aliphatic heterocycles. The topological polar surface area (TPSA) is 126 Å². The van der Waals surface area contributed by atoms with Crippen molar-refractivity contribution in [1.29, 1.82) is 5.26 Å². The van der Waals surface area contributed by atoms with Gasteiger partial charge in [0.2, 0.25) is 0 Å². The van der Waals surface area contributed by atoms with Gasteiger partial charge in [-0.2, -0.15) is 10.4 Å². The lowest BCUT2D eigenvalue weighted by molar-refractivity contribution is -0.127. The van der Waals surface area contributed by atoms with Gasteiger partial charge in [-0.05, 0) is 71.1 Å². The Morgan fingerprint density at radius 2 is 1.98 bits per heavy atom. The van der Waals surface area contributed by atoms with Crippen LogP contribution < -0.4 is 10.5 Å². The number of likely N-dealkylation sites (tertiary alicyclic amines) is 1. The summed E-state index contributed by atoms with van der Waals surface area (Å²) in [4.78, 5) is 25.7. The summed E-state index contributed by atoms with van der Waals surface area (Å²) in [6, 6.07) is 15.5. The highest BCUT2D eigenvalue weighted by atomic mass is 19.1. The van der Waals surface area contributed by atoms with Crippen LogP contribution in [0.1, 0.15) is 26.7 Å². The van der Waals surface area contributed by atoms with Crippen molar-refractivity contribution in [3.05, 3.63) is 72.3 Å². The SMILES string of the molecule is CN(C)C(C)(C)C=C(C#N)C(=O)N1CCCC1Cn1nc(-c2ccc(Oc3ccccc3)cc2F)c2c(N)ncnc21. The average molecular weight is 569 g/mol. The first kappa shape index (κ1) is 28.7. The van der Waals surface area contributed by atoms with Crippen molar-refractivity contribution in [2.24, 2.45) is 0 Å². The fourth-order valence-corrected chi connectivity index (χ4v) is 4.99. The van der Waals surface area contributed by atoms with Gasteiger partial charge < -0.3 is 20.3 Å². The Morgan fingerprint density at radius 1 is 1.21 bits per heavy atom. The van der Waals surface area contributed by atoms with Crippen molar-refractivity contribution in [3.63, 3.8) is 0 Å². The number of nitriles is 1. The number of aromatic nitrogens is 4. The zero-order chi connectivity index (χ0) is 30.0. The second kappa shape index (κ2) is 11.6. The summed E-state index contributed by atoms with van der Waals surface area (Å²) in [5.74, 6) is 0.246. The molecule has 2 aromatic heterocycles. The predicted octanol–water partition coefficient (Wildman–Crippen LogP) is 4.79. The van der Waals surface area contributed by atoms with E-state index in [9.17, 15) is 10.1 Å². The molecule has 0 aliphatic carbocycles. The molecule has 0 radical (unpaired) electrons. The Balaban J connectivity index is 1.46. The number of hydrogen-bond donors (Lipinski definition) is 1. The monoisotopic (exact) mass is 568 g/mol. The van der Waals surface area contributed by atoms with Gasteiger partial charge in [-0.3, -0.25) is 4.79 Å². The van der Waals surface area contributed by atoms with Gasteiger partial charge in [0, 0.05) is 23.7 Å². The van der Waals surface area contributed by atoms with E-state index in [1.807, 2.05) is 51.0 Å². The standard InChI is InChI=1S/C31H33FN8O2/c1-31(2,38(3)4)16-20(17-33)30(41)39-14-8-9-21(39)18-40-29-26(28(34)35-19-36-29)27(37-40)24-13-12-23(15-25(24)32)42-22-10-6-5-7-11-22/h5-7,10-13,15-16,19,21H,8-9,14,18H2,1-4H3,(H2,34,35,36). The van der Waals surface area contributed by atoms with Crippen LogP contribution in [0.25, 0.3) is 22.3 Å². The van der Waals surface area contributed by atoms with Gasteiger partial charge in [0.15, 0.2) is 5.65 Å². The molecule has 0 bridgehead atoms. The highest BCUT2D eigenvalue weighted by Gasteiger charge is 2.33. The van der Waals surface area contributed by atoms with E-state index >= 15 is 4.39 Å². The molecule has 1 atom stereocenters. The molecule has 1 amide bonds. The molecule has 0 saturated carbocycles. The number of ether oxygens (including phenoxy) is 1. The number of carbonyl (C=O) groups excluding carboxylic acids is 1. The van der Waals surface area contributed by atoms with Crippen LogP contribution in [0.5, 0.6) is 11.5 Å². The van der Waals surface area contributed by atoms with Gasteiger partial charge in [0.25, 0.3) is 5.91 Å². The lowest BCUT2D eigenvalue weighted by Gasteiger charge is -2.30. The number of carbonyl (C=O) groups is 1. The van der Waals surface area contributed by atoms with Crippen LogP contribution in [0.2, 0.25) is 0 Å². The molecular weight excluding hydrogens is 535 g/mol. The van der Waals surface area contributed by atoms with Crippen LogP contribution >= 0.6 is 0 Å². The molecular formula is C31H33FN8O2. The zero-order valence-corrected chi connectivity index (χ0v) is 24.1. The Hall–Kier alpha value is -4.82. The van der Waals surface area contributed by atoms with E-state index in [0.29, 0.717) is 41.3 Å². The predicted molar refractivity (Wildman–Crippen MR) is 158 cm³/mol. The smallest absolute Gasteiger partial charge is 0.264 e. The second-order valence-corrected chi connectivity index (χ2v) is 11.1. The summed E-state index contributed by atoms with van der Waals surface area (Å²) in [6.07, 6.45) is 4.55. The van der Waals surface area contributed by atoms with Crippen LogP contribution in [0.15, 0.2) is 66.5 Å². The number of halogens is 1. The third-order valence-corrected chi connectivity index (χ3v) is 7.76. The van der Waals surface area contributed by atoms with E-state index in [1.54, 1.807) is 39.9 Å². The van der Waals surface area contributed by atoms with Crippen molar-refractivity contribution in [2.45, 2.75) is 44.8 Å². The number of nitrogens with zero attached hydrogens (tertiary/aromatic N) is 7. The number of nitrogens with two attached hydrogens (primary N) is 1. The Labute approximate surface area is 243 Å². The molecule has 42 heavy (non-hydrogen) atoms. The number of para-hydroxylation sites is 1. The van der Waals surface area contributed by atoms with Crippen molar-refractivity contribution >= 4 is 22.8 Å². The lowest BCUT2D eigenvalue weighted by Crippen LogP contribution is -2.41. The molecule has 1 saturated heterocycles. The molecule has 1 aliphatic rings. The molecule has 10 nitrogen and oxygen atoms in total. The number of likely N-dealkylation sites (N-methyl/N-ethyl adjacent to an activating group) is 1. The van der Waals surface area contributed by atoms with Crippen molar-refractivity contribution in [2.75, 3.05) is 26.4 Å². The normalized spacial score (nSPS) is 15.8. The maximum Gasteiger partial charge on any atom is 0.264 e. The Kier molecular flexibility index (Phi) is 7.91. The molecule has 3 heterocycles. The fraction of sp³-hybridized carbons (Fsp3) is 0.323. The van der Waals surface area contributed by atoms with Crippen LogP contribution in [0.3, 0.4) is 0 Å². The van der Waals surface area contributed by atoms with Gasteiger partial charge in [-0.25, -0.2) is 19.0 Å². The molecule has 4 aromatic rings. The molecule has 2 aromatic carbocycles. The summed E-state index contributed by atoms with van der Waals surface area (Å²) in [6.45, 7) is 4.71. The number of nitrogen functional groups attached to an aromatic ring is 1. The van der Waals surface area contributed by atoms with Gasteiger partial charge in [0.05, 0.1) is 18.0 Å². The second-order valence-electron chi connectivity index (χ2n) is 11.1. The summed E-state index contributed by atoms with van der Waals surface area (Å²) >= 11 is 0. The number of benzene rings is 2. The van der Waals surface area contributed by atoms with Crippen LogP contribution in [0, 0.1) is 17.1 Å². The maximum absolute atomic E-state index is 15.5. The number of amides is 1. The maximum atomic E-state index is 15.5. The van der Waals surface area contributed by atoms with E-state index in [-0.39, 0.29) is 28.9 Å². The molecule has 2 N–H and O–H groups in total. The summed E-state index contributed by atoms with van der Waals surface area (Å²) in [5, 5.41) is 15.0. The van der Waals surface area contributed by atoms with E-state index < -0.39 is 11.4 Å². The minimum absolute atomic E-state index is 0.0954. The van der Waals surface area contributed by atoms with Gasteiger partial charge in [0.1, 0.15) is 46.8 Å². The Bertz CT molecular complexity index is 1690. The van der Waals surface area contributed by atoms with Crippen LogP contribution in [-0.4, -0.2) is 67.7 Å². The third kappa shape index (κ3) is 5.66. The van der Waals surface area contributed by atoms with Crippen molar-refractivity contribution < 1.29 is 13.9 Å². The summed E-state index contributed by atoms with van der Waals surface area (Å²) < 4.78 is 22.9.